The lowest BCUT2D eigenvalue weighted by molar-refractivity contribution is -0.276. The molecule has 3 nitrogen and oxygen atoms in total. The number of pyridine rings is 1. The smallest absolute Gasteiger partial charge is 0.388 e. The van der Waals surface area contributed by atoms with Gasteiger partial charge in [0.1, 0.15) is 0 Å². The zero-order valence-electron chi connectivity index (χ0n) is 8.81. The molecule has 0 aliphatic rings. The Morgan fingerprint density at radius 1 is 1.53 bits per heavy atom. The Morgan fingerprint density at radius 3 is 2.65 bits per heavy atom. The fraction of sp³-hybridized carbons (Fsp3) is 0.400. The Balaban J connectivity index is 3.18. The van der Waals surface area contributed by atoms with Crippen molar-refractivity contribution in [3.05, 3.63) is 22.9 Å². The van der Waals surface area contributed by atoms with E-state index >= 15 is 0 Å². The maximum Gasteiger partial charge on any atom is 0.574 e. The minimum atomic E-state index is -4.83. The Labute approximate surface area is 101 Å². The van der Waals surface area contributed by atoms with Crippen LogP contribution in [-0.2, 0) is 12.3 Å². The molecule has 1 aromatic heterocycles. The zero-order chi connectivity index (χ0) is 13.1. The highest BCUT2D eigenvalue weighted by Crippen LogP contribution is 2.27. The number of hydrogen-bond donors (Lipinski definition) is 0. The van der Waals surface area contributed by atoms with E-state index in [1.807, 2.05) is 6.07 Å². The molecule has 0 amide bonds. The van der Waals surface area contributed by atoms with Crippen LogP contribution in [0.15, 0.2) is 6.07 Å². The van der Waals surface area contributed by atoms with Crippen LogP contribution in [0.25, 0.3) is 0 Å². The van der Waals surface area contributed by atoms with E-state index in [2.05, 4.69) is 9.72 Å². The van der Waals surface area contributed by atoms with Gasteiger partial charge < -0.3 is 4.74 Å². The summed E-state index contributed by atoms with van der Waals surface area (Å²) in [6, 6.07) is 3.26. The van der Waals surface area contributed by atoms with Crippen LogP contribution in [0.3, 0.4) is 0 Å². The molecule has 1 rings (SSSR count). The van der Waals surface area contributed by atoms with Crippen molar-refractivity contribution in [1.82, 2.24) is 4.98 Å². The summed E-state index contributed by atoms with van der Waals surface area (Å²) in [6.45, 7) is 1.65. The van der Waals surface area contributed by atoms with Crippen LogP contribution >= 0.6 is 11.6 Å². The summed E-state index contributed by atoms with van der Waals surface area (Å²) in [5.41, 5.74) is 1.00. The second-order valence-corrected chi connectivity index (χ2v) is 3.50. The van der Waals surface area contributed by atoms with Gasteiger partial charge >= 0.3 is 6.36 Å². The van der Waals surface area contributed by atoms with Gasteiger partial charge in [-0.3, -0.25) is 0 Å². The van der Waals surface area contributed by atoms with Gasteiger partial charge in [-0.25, -0.2) is 4.98 Å². The van der Waals surface area contributed by atoms with E-state index in [-0.39, 0.29) is 23.6 Å². The number of nitriles is 1. The Hall–Kier alpha value is -1.48. The van der Waals surface area contributed by atoms with E-state index in [0.717, 1.165) is 0 Å². The molecule has 0 aromatic carbocycles. The topological polar surface area (TPSA) is 45.9 Å². The summed E-state index contributed by atoms with van der Waals surface area (Å²) in [5, 5.41) is 8.51. The molecule has 92 valence electrons. The van der Waals surface area contributed by atoms with Crippen LogP contribution in [0, 0.1) is 18.3 Å². The van der Waals surface area contributed by atoms with Gasteiger partial charge in [0, 0.05) is 5.56 Å². The molecule has 0 N–H and O–H groups in total. The maximum absolute atomic E-state index is 12.1. The molecule has 0 fully saturated rings. The Bertz CT molecular complexity index is 454. The maximum atomic E-state index is 12.1. The van der Waals surface area contributed by atoms with Crippen molar-refractivity contribution in [2.75, 3.05) is 0 Å². The molecule has 0 saturated heterocycles. The van der Waals surface area contributed by atoms with Crippen LogP contribution in [-0.4, -0.2) is 11.3 Å². The molecule has 1 heterocycles. The van der Waals surface area contributed by atoms with Gasteiger partial charge in [0.15, 0.2) is 0 Å². The third-order valence-electron chi connectivity index (χ3n) is 1.96. The number of ether oxygens (including phenoxy) is 1. The van der Waals surface area contributed by atoms with Crippen LogP contribution in [0.1, 0.15) is 16.8 Å². The summed E-state index contributed by atoms with van der Waals surface area (Å²) in [7, 11) is 0. The van der Waals surface area contributed by atoms with Gasteiger partial charge in [-0.15, -0.1) is 24.8 Å². The van der Waals surface area contributed by atoms with E-state index in [0.29, 0.717) is 5.56 Å². The van der Waals surface area contributed by atoms with E-state index in [9.17, 15) is 13.2 Å². The molecule has 0 bridgehead atoms. The molecule has 0 radical (unpaired) electrons. The van der Waals surface area contributed by atoms with Crippen molar-refractivity contribution in [2.45, 2.75) is 25.6 Å². The number of hydrogen-bond acceptors (Lipinski definition) is 3. The first kappa shape index (κ1) is 13.6. The summed E-state index contributed by atoms with van der Waals surface area (Å²) in [4.78, 5) is 3.67. The quantitative estimate of drug-likeness (QED) is 0.788. The highest BCUT2D eigenvalue weighted by molar-refractivity contribution is 6.17. The molecule has 0 aliphatic heterocycles. The highest BCUT2D eigenvalue weighted by atomic mass is 35.5. The largest absolute Gasteiger partial charge is 0.574 e. The summed E-state index contributed by atoms with van der Waals surface area (Å²) in [6.07, 6.45) is -4.91. The van der Waals surface area contributed by atoms with Crippen LogP contribution in [0.2, 0.25) is 0 Å². The fourth-order valence-electron chi connectivity index (χ4n) is 1.24. The molecule has 0 spiro atoms. The summed E-state index contributed by atoms with van der Waals surface area (Å²) in [5.74, 6) is -0.741. The van der Waals surface area contributed by atoms with E-state index < -0.39 is 12.2 Å². The predicted octanol–water partition coefficient (Wildman–Crippen LogP) is 3.09. The second-order valence-electron chi connectivity index (χ2n) is 3.23. The third kappa shape index (κ3) is 3.79. The van der Waals surface area contributed by atoms with E-state index in [1.165, 1.54) is 6.07 Å². The number of rotatable bonds is 3. The van der Waals surface area contributed by atoms with Gasteiger partial charge in [0.2, 0.25) is 5.88 Å². The molecule has 1 aromatic rings. The Morgan fingerprint density at radius 2 is 2.18 bits per heavy atom. The number of nitrogens with zero attached hydrogens (tertiary/aromatic N) is 2. The minimum Gasteiger partial charge on any atom is -0.388 e. The van der Waals surface area contributed by atoms with Crippen LogP contribution in [0.4, 0.5) is 13.2 Å². The lowest BCUT2D eigenvalue weighted by Crippen LogP contribution is -2.19. The standard InChI is InChI=1S/C10H8ClF3N2O/c1-6-4-7(5-11)9(17-10(12,13)14)16-8(6)2-3-15/h4H,2,5H2,1H3. The van der Waals surface area contributed by atoms with Crippen LogP contribution in [0.5, 0.6) is 5.88 Å². The molecule has 0 atom stereocenters. The first-order valence-electron chi connectivity index (χ1n) is 4.55. The average molecular weight is 265 g/mol. The first-order chi connectivity index (χ1) is 7.87. The van der Waals surface area contributed by atoms with E-state index in [4.69, 9.17) is 16.9 Å². The molecule has 17 heavy (non-hydrogen) atoms. The van der Waals surface area contributed by atoms with Gasteiger partial charge in [0.05, 0.1) is 24.1 Å². The second kappa shape index (κ2) is 5.23. The third-order valence-corrected chi connectivity index (χ3v) is 2.25. The van der Waals surface area contributed by atoms with Crippen molar-refractivity contribution in [1.29, 1.82) is 5.26 Å². The molecule has 0 unspecified atom stereocenters. The SMILES string of the molecule is Cc1cc(CCl)c(OC(F)(F)F)nc1CC#N. The number of aromatic nitrogens is 1. The lowest BCUT2D eigenvalue weighted by atomic mass is 10.1. The fourth-order valence-corrected chi connectivity index (χ4v) is 1.43. The van der Waals surface area contributed by atoms with E-state index in [1.54, 1.807) is 6.92 Å². The van der Waals surface area contributed by atoms with Crippen molar-refractivity contribution in [3.63, 3.8) is 0 Å². The highest BCUT2D eigenvalue weighted by Gasteiger charge is 2.33. The normalized spacial score (nSPS) is 11.1. The minimum absolute atomic E-state index is 0.0807. The van der Waals surface area contributed by atoms with Gasteiger partial charge in [-0.05, 0) is 18.6 Å². The average Bonchev–Trinajstić information content (AvgIpc) is 2.20. The molecule has 0 saturated carbocycles. The molecule has 0 aliphatic carbocycles. The van der Waals surface area contributed by atoms with Crippen molar-refractivity contribution >= 4 is 11.6 Å². The summed E-state index contributed by atoms with van der Waals surface area (Å²) >= 11 is 5.51. The lowest BCUT2D eigenvalue weighted by Gasteiger charge is -2.13. The van der Waals surface area contributed by atoms with Gasteiger partial charge in [0.25, 0.3) is 0 Å². The number of aryl methyl sites for hydroxylation is 1. The predicted molar refractivity (Wildman–Crippen MR) is 54.5 cm³/mol. The van der Waals surface area contributed by atoms with Gasteiger partial charge in [-0.2, -0.15) is 5.26 Å². The monoisotopic (exact) mass is 264 g/mol. The van der Waals surface area contributed by atoms with Crippen LogP contribution < -0.4 is 4.74 Å². The van der Waals surface area contributed by atoms with Crippen molar-refractivity contribution in [3.8, 4) is 11.9 Å². The molecular weight excluding hydrogens is 257 g/mol. The van der Waals surface area contributed by atoms with Crippen molar-refractivity contribution < 1.29 is 17.9 Å². The molecular formula is C10H8ClF3N2O. The summed E-state index contributed by atoms with van der Waals surface area (Å²) < 4.78 is 40.1. The number of alkyl halides is 4. The molecule has 7 heteroatoms. The number of halogens is 4. The first-order valence-corrected chi connectivity index (χ1v) is 5.09. The Kier molecular flexibility index (Phi) is 4.18. The van der Waals surface area contributed by atoms with Crippen molar-refractivity contribution in [2.24, 2.45) is 0 Å². The van der Waals surface area contributed by atoms with Gasteiger partial charge in [-0.1, -0.05) is 0 Å². The zero-order valence-corrected chi connectivity index (χ0v) is 9.56.